The predicted octanol–water partition coefficient (Wildman–Crippen LogP) is 2.00. The second-order valence-electron chi connectivity index (χ2n) is 4.04. The average Bonchev–Trinajstić information content (AvgIpc) is 2.45. The molecule has 1 rings (SSSR count). The Kier molecular flexibility index (Phi) is 6.57. The van der Waals surface area contributed by atoms with E-state index < -0.39 is 0 Å². The van der Waals surface area contributed by atoms with Gasteiger partial charge in [-0.05, 0) is 6.42 Å². The summed E-state index contributed by atoms with van der Waals surface area (Å²) in [5, 5.41) is 2.78. The van der Waals surface area contributed by atoms with E-state index in [0.717, 1.165) is 12.8 Å². The van der Waals surface area contributed by atoms with Crippen molar-refractivity contribution >= 4 is 5.91 Å². The van der Waals surface area contributed by atoms with Crippen LogP contribution in [-0.2, 0) is 4.79 Å². The van der Waals surface area contributed by atoms with Crippen molar-refractivity contribution in [1.29, 1.82) is 0 Å². The lowest BCUT2D eigenvalue weighted by molar-refractivity contribution is -0.123. The van der Waals surface area contributed by atoms with E-state index in [2.05, 4.69) is 12.2 Å². The maximum absolute atomic E-state index is 11.5. The zero-order valence-corrected chi connectivity index (χ0v) is 11.7. The molecule has 0 atom stereocenters. The summed E-state index contributed by atoms with van der Waals surface area (Å²) in [5.74, 6) is 1.67. The first kappa shape index (κ1) is 15.1. The van der Waals surface area contributed by atoms with Crippen LogP contribution in [0.25, 0.3) is 0 Å². The monoisotopic (exact) mass is 267 g/mol. The number of hydrogen-bond donors (Lipinski definition) is 1. The molecule has 5 heteroatoms. The molecule has 106 valence electrons. The minimum atomic E-state index is -0.129. The normalized spacial score (nSPS) is 9.84. The molecular weight excluding hydrogens is 246 g/mol. The summed E-state index contributed by atoms with van der Waals surface area (Å²) in [6.07, 6.45) is 2.02. The molecule has 0 bridgehead atoms. The molecular formula is C14H21NO4. The average molecular weight is 267 g/mol. The van der Waals surface area contributed by atoms with E-state index in [0.29, 0.717) is 23.8 Å². The van der Waals surface area contributed by atoms with Crippen molar-refractivity contribution < 1.29 is 19.0 Å². The molecule has 0 heterocycles. The highest BCUT2D eigenvalue weighted by molar-refractivity contribution is 5.77. The van der Waals surface area contributed by atoms with Crippen LogP contribution in [0.5, 0.6) is 17.2 Å². The Labute approximate surface area is 113 Å². The van der Waals surface area contributed by atoms with Gasteiger partial charge in [0.2, 0.25) is 0 Å². The number of rotatable bonds is 8. The van der Waals surface area contributed by atoms with E-state index in [4.69, 9.17) is 14.2 Å². The number of ether oxygens (including phenoxy) is 3. The summed E-state index contributed by atoms with van der Waals surface area (Å²) in [6, 6.07) is 5.16. The highest BCUT2D eigenvalue weighted by Crippen LogP contribution is 2.27. The van der Waals surface area contributed by atoms with Crippen molar-refractivity contribution in [3.8, 4) is 17.2 Å². The lowest BCUT2D eigenvalue weighted by atomic mass is 10.3. The largest absolute Gasteiger partial charge is 0.496 e. The summed E-state index contributed by atoms with van der Waals surface area (Å²) < 4.78 is 15.7. The summed E-state index contributed by atoms with van der Waals surface area (Å²) >= 11 is 0. The van der Waals surface area contributed by atoms with Crippen LogP contribution in [0.4, 0.5) is 0 Å². The van der Waals surface area contributed by atoms with E-state index in [1.807, 2.05) is 0 Å². The molecule has 0 unspecified atom stereocenters. The predicted molar refractivity (Wildman–Crippen MR) is 73.0 cm³/mol. The second-order valence-corrected chi connectivity index (χ2v) is 4.04. The first-order chi connectivity index (χ1) is 9.19. The standard InChI is InChI=1S/C14H21NO4/c1-4-5-6-15-14(16)10-19-13-8-11(17-2)7-12(9-13)18-3/h7-9H,4-6,10H2,1-3H3,(H,15,16). The van der Waals surface area contributed by atoms with Crippen molar-refractivity contribution in [1.82, 2.24) is 5.32 Å². The van der Waals surface area contributed by atoms with Crippen molar-refractivity contribution in [3.63, 3.8) is 0 Å². The van der Waals surface area contributed by atoms with E-state index in [9.17, 15) is 4.79 Å². The highest BCUT2D eigenvalue weighted by atomic mass is 16.5. The zero-order chi connectivity index (χ0) is 14.1. The molecule has 0 aromatic heterocycles. The van der Waals surface area contributed by atoms with Gasteiger partial charge in [-0.2, -0.15) is 0 Å². The number of nitrogens with one attached hydrogen (secondary N) is 1. The van der Waals surface area contributed by atoms with Gasteiger partial charge in [-0.1, -0.05) is 13.3 Å². The number of amides is 1. The van der Waals surface area contributed by atoms with Gasteiger partial charge in [0.1, 0.15) is 17.2 Å². The summed E-state index contributed by atoms with van der Waals surface area (Å²) in [6.45, 7) is 2.74. The van der Waals surface area contributed by atoms with Gasteiger partial charge >= 0.3 is 0 Å². The molecule has 1 N–H and O–H groups in total. The quantitative estimate of drug-likeness (QED) is 0.732. The van der Waals surface area contributed by atoms with Crippen LogP contribution < -0.4 is 19.5 Å². The number of carbonyl (C=O) groups is 1. The molecule has 0 spiro atoms. The third-order valence-electron chi connectivity index (χ3n) is 2.55. The molecule has 0 aliphatic carbocycles. The topological polar surface area (TPSA) is 56.8 Å². The first-order valence-corrected chi connectivity index (χ1v) is 6.32. The Morgan fingerprint density at radius 3 is 2.21 bits per heavy atom. The summed E-state index contributed by atoms with van der Waals surface area (Å²) in [4.78, 5) is 11.5. The van der Waals surface area contributed by atoms with Crippen molar-refractivity contribution in [2.75, 3.05) is 27.4 Å². The van der Waals surface area contributed by atoms with E-state index in [1.54, 1.807) is 32.4 Å². The molecule has 0 fully saturated rings. The van der Waals surface area contributed by atoms with Crippen LogP contribution in [0, 0.1) is 0 Å². The van der Waals surface area contributed by atoms with Crippen molar-refractivity contribution in [2.24, 2.45) is 0 Å². The van der Waals surface area contributed by atoms with Gasteiger partial charge in [0.25, 0.3) is 5.91 Å². The molecule has 1 aromatic rings. The maximum Gasteiger partial charge on any atom is 0.257 e. The number of carbonyl (C=O) groups excluding carboxylic acids is 1. The number of benzene rings is 1. The van der Waals surface area contributed by atoms with E-state index in [-0.39, 0.29) is 12.5 Å². The van der Waals surface area contributed by atoms with Gasteiger partial charge in [0.15, 0.2) is 6.61 Å². The summed E-state index contributed by atoms with van der Waals surface area (Å²) in [5.41, 5.74) is 0. The minimum absolute atomic E-state index is 0.0139. The Morgan fingerprint density at radius 2 is 1.68 bits per heavy atom. The molecule has 1 amide bonds. The molecule has 0 aliphatic heterocycles. The molecule has 19 heavy (non-hydrogen) atoms. The Bertz CT molecular complexity index is 384. The van der Waals surface area contributed by atoms with Crippen LogP contribution >= 0.6 is 0 Å². The van der Waals surface area contributed by atoms with Gasteiger partial charge in [-0.3, -0.25) is 4.79 Å². The van der Waals surface area contributed by atoms with Crippen molar-refractivity contribution in [3.05, 3.63) is 18.2 Å². The first-order valence-electron chi connectivity index (χ1n) is 6.32. The molecule has 5 nitrogen and oxygen atoms in total. The highest BCUT2D eigenvalue weighted by Gasteiger charge is 2.05. The molecule has 0 saturated carbocycles. The van der Waals surface area contributed by atoms with Gasteiger partial charge < -0.3 is 19.5 Å². The molecule has 0 saturated heterocycles. The minimum Gasteiger partial charge on any atom is -0.496 e. The number of methoxy groups -OCH3 is 2. The third-order valence-corrected chi connectivity index (χ3v) is 2.55. The SMILES string of the molecule is CCCCNC(=O)COc1cc(OC)cc(OC)c1. The third kappa shape index (κ3) is 5.50. The molecule has 0 radical (unpaired) electrons. The van der Waals surface area contributed by atoms with Gasteiger partial charge in [-0.15, -0.1) is 0 Å². The number of unbranched alkanes of at least 4 members (excludes halogenated alkanes) is 1. The van der Waals surface area contributed by atoms with Crippen LogP contribution in [0.3, 0.4) is 0 Å². The van der Waals surface area contributed by atoms with E-state index in [1.165, 1.54) is 0 Å². The zero-order valence-electron chi connectivity index (χ0n) is 11.7. The molecule has 0 aliphatic rings. The fourth-order valence-electron chi connectivity index (χ4n) is 1.47. The fourth-order valence-corrected chi connectivity index (χ4v) is 1.47. The lowest BCUT2D eigenvalue weighted by Gasteiger charge is -2.10. The Hall–Kier alpha value is -1.91. The van der Waals surface area contributed by atoms with Crippen LogP contribution in [0.2, 0.25) is 0 Å². The van der Waals surface area contributed by atoms with Gasteiger partial charge in [0.05, 0.1) is 14.2 Å². The van der Waals surface area contributed by atoms with Crippen LogP contribution in [0.15, 0.2) is 18.2 Å². The maximum atomic E-state index is 11.5. The van der Waals surface area contributed by atoms with Gasteiger partial charge in [-0.25, -0.2) is 0 Å². The van der Waals surface area contributed by atoms with Gasteiger partial charge in [0, 0.05) is 24.7 Å². The van der Waals surface area contributed by atoms with Crippen molar-refractivity contribution in [2.45, 2.75) is 19.8 Å². The Morgan fingerprint density at radius 1 is 1.11 bits per heavy atom. The smallest absolute Gasteiger partial charge is 0.257 e. The molecule has 1 aromatic carbocycles. The second kappa shape index (κ2) is 8.24. The van der Waals surface area contributed by atoms with Crippen LogP contribution in [0.1, 0.15) is 19.8 Å². The lowest BCUT2D eigenvalue weighted by Crippen LogP contribution is -2.29. The Balaban J connectivity index is 2.50. The summed E-state index contributed by atoms with van der Waals surface area (Å²) in [7, 11) is 3.13. The van der Waals surface area contributed by atoms with E-state index >= 15 is 0 Å². The van der Waals surface area contributed by atoms with Crippen LogP contribution in [-0.4, -0.2) is 33.3 Å². The fraction of sp³-hybridized carbons (Fsp3) is 0.500. The number of hydrogen-bond acceptors (Lipinski definition) is 4.